The van der Waals surface area contributed by atoms with Gasteiger partial charge in [0.25, 0.3) is 0 Å². The van der Waals surface area contributed by atoms with E-state index in [1.165, 1.54) is 16.3 Å². The maximum atomic E-state index is 6.15. The number of aryl methyl sites for hydroxylation is 1. The molecule has 0 aromatic heterocycles. The van der Waals surface area contributed by atoms with Gasteiger partial charge in [0, 0.05) is 11.1 Å². The van der Waals surface area contributed by atoms with Crippen LogP contribution in [0.5, 0.6) is 17.2 Å². The molecule has 0 spiro atoms. The molecule has 1 aliphatic heterocycles. The lowest BCUT2D eigenvalue weighted by Gasteiger charge is -2.25. The molecule has 2 nitrogen and oxygen atoms in total. The molecular formula is C20H16O2. The van der Waals surface area contributed by atoms with Gasteiger partial charge in [-0.1, -0.05) is 43.0 Å². The van der Waals surface area contributed by atoms with Crippen LogP contribution >= 0.6 is 0 Å². The minimum atomic E-state index is 0.731. The third-order valence-corrected chi connectivity index (χ3v) is 4.25. The molecule has 0 N–H and O–H groups in total. The maximum absolute atomic E-state index is 6.15. The molecule has 0 saturated carbocycles. The minimum Gasteiger partial charge on any atom is -0.493 e. The highest BCUT2D eigenvalue weighted by molar-refractivity contribution is 6.03. The van der Waals surface area contributed by atoms with Gasteiger partial charge in [-0.05, 0) is 41.0 Å². The molecule has 0 bridgehead atoms. The Kier molecular flexibility index (Phi) is 2.73. The first-order valence-corrected chi connectivity index (χ1v) is 7.27. The lowest BCUT2D eigenvalue weighted by molar-refractivity contribution is 0.376. The Hall–Kier alpha value is -2.74. The molecule has 0 atom stereocenters. The number of ether oxygens (including phenoxy) is 2. The van der Waals surface area contributed by atoms with E-state index < -0.39 is 0 Å². The van der Waals surface area contributed by atoms with E-state index in [0.717, 1.165) is 33.9 Å². The summed E-state index contributed by atoms with van der Waals surface area (Å²) in [7, 11) is 1.65. The van der Waals surface area contributed by atoms with Gasteiger partial charge in [-0.15, -0.1) is 0 Å². The molecule has 3 aromatic rings. The van der Waals surface area contributed by atoms with Gasteiger partial charge in [0.2, 0.25) is 0 Å². The Morgan fingerprint density at radius 2 is 1.82 bits per heavy atom. The Morgan fingerprint density at radius 1 is 1.00 bits per heavy atom. The standard InChI is InChI=1S/C20H16O2/c1-12-6-4-7-14-10-11-16-19(18(12)14)13(2)15-8-5-9-17(21-3)20(15)22-16/h4-11H,2H2,1,3H3. The predicted molar refractivity (Wildman–Crippen MR) is 89.9 cm³/mol. The summed E-state index contributed by atoms with van der Waals surface area (Å²) >= 11 is 0. The fourth-order valence-corrected chi connectivity index (χ4v) is 3.19. The van der Waals surface area contributed by atoms with Gasteiger partial charge in [-0.3, -0.25) is 0 Å². The van der Waals surface area contributed by atoms with Crippen LogP contribution < -0.4 is 9.47 Å². The van der Waals surface area contributed by atoms with Gasteiger partial charge < -0.3 is 9.47 Å². The van der Waals surface area contributed by atoms with E-state index in [9.17, 15) is 0 Å². The van der Waals surface area contributed by atoms with Gasteiger partial charge in [0.05, 0.1) is 7.11 Å². The van der Waals surface area contributed by atoms with Crippen LogP contribution in [-0.2, 0) is 0 Å². The summed E-state index contributed by atoms with van der Waals surface area (Å²) in [5, 5.41) is 2.41. The second-order valence-corrected chi connectivity index (χ2v) is 5.53. The molecular weight excluding hydrogens is 272 g/mol. The summed E-state index contributed by atoms with van der Waals surface area (Å²) in [5.41, 5.74) is 4.28. The van der Waals surface area contributed by atoms with Crippen molar-refractivity contribution in [3.8, 4) is 17.2 Å². The van der Waals surface area contributed by atoms with Crippen molar-refractivity contribution >= 4 is 16.3 Å². The zero-order valence-corrected chi connectivity index (χ0v) is 12.6. The zero-order chi connectivity index (χ0) is 15.3. The van der Waals surface area contributed by atoms with Gasteiger partial charge in [-0.2, -0.15) is 0 Å². The Morgan fingerprint density at radius 3 is 2.64 bits per heavy atom. The lowest BCUT2D eigenvalue weighted by Crippen LogP contribution is -2.04. The molecule has 3 aromatic carbocycles. The summed E-state index contributed by atoms with van der Waals surface area (Å²) in [5.74, 6) is 2.31. The van der Waals surface area contributed by atoms with Crippen molar-refractivity contribution in [1.82, 2.24) is 0 Å². The monoisotopic (exact) mass is 288 g/mol. The number of rotatable bonds is 1. The predicted octanol–water partition coefficient (Wildman–Crippen LogP) is 5.32. The number of para-hydroxylation sites is 1. The van der Waals surface area contributed by atoms with Crippen LogP contribution in [0, 0.1) is 6.92 Å². The van der Waals surface area contributed by atoms with Crippen LogP contribution in [0.15, 0.2) is 55.1 Å². The van der Waals surface area contributed by atoms with E-state index in [1.54, 1.807) is 7.11 Å². The summed E-state index contributed by atoms with van der Waals surface area (Å²) in [6.45, 7) is 6.45. The van der Waals surface area contributed by atoms with E-state index in [4.69, 9.17) is 9.47 Å². The molecule has 0 amide bonds. The van der Waals surface area contributed by atoms with Crippen molar-refractivity contribution in [3.63, 3.8) is 0 Å². The number of methoxy groups -OCH3 is 1. The fourth-order valence-electron chi connectivity index (χ4n) is 3.19. The van der Waals surface area contributed by atoms with E-state index in [2.05, 4.69) is 37.8 Å². The molecule has 0 saturated heterocycles. The number of hydrogen-bond donors (Lipinski definition) is 0. The molecule has 1 aliphatic rings. The van der Waals surface area contributed by atoms with E-state index in [-0.39, 0.29) is 0 Å². The summed E-state index contributed by atoms with van der Waals surface area (Å²) < 4.78 is 11.6. The van der Waals surface area contributed by atoms with Crippen molar-refractivity contribution in [1.29, 1.82) is 0 Å². The molecule has 22 heavy (non-hydrogen) atoms. The Balaban J connectivity index is 2.05. The number of fused-ring (bicyclic) bond motifs is 4. The maximum Gasteiger partial charge on any atom is 0.177 e. The Bertz CT molecular complexity index is 922. The molecule has 0 radical (unpaired) electrons. The fraction of sp³-hybridized carbons (Fsp3) is 0.100. The van der Waals surface area contributed by atoms with Crippen molar-refractivity contribution in [2.45, 2.75) is 6.92 Å². The van der Waals surface area contributed by atoms with Crippen molar-refractivity contribution in [2.24, 2.45) is 0 Å². The normalized spacial score (nSPS) is 12.5. The van der Waals surface area contributed by atoms with Gasteiger partial charge in [0.1, 0.15) is 5.75 Å². The van der Waals surface area contributed by atoms with E-state index >= 15 is 0 Å². The number of hydrogen-bond acceptors (Lipinski definition) is 2. The smallest absolute Gasteiger partial charge is 0.177 e. The van der Waals surface area contributed by atoms with Crippen LogP contribution in [0.1, 0.15) is 16.7 Å². The third kappa shape index (κ3) is 1.67. The molecule has 0 fully saturated rings. The van der Waals surface area contributed by atoms with Gasteiger partial charge in [0.15, 0.2) is 11.5 Å². The van der Waals surface area contributed by atoms with Crippen molar-refractivity contribution in [3.05, 3.63) is 71.8 Å². The SMILES string of the molecule is C=C1c2cccc(OC)c2Oc2ccc3cccc(C)c3c21. The minimum absolute atomic E-state index is 0.731. The zero-order valence-electron chi connectivity index (χ0n) is 12.6. The number of benzene rings is 3. The first kappa shape index (κ1) is 13.0. The highest BCUT2D eigenvalue weighted by atomic mass is 16.5. The quantitative estimate of drug-likeness (QED) is 0.471. The van der Waals surface area contributed by atoms with Crippen LogP contribution in [0.4, 0.5) is 0 Å². The van der Waals surface area contributed by atoms with Crippen LogP contribution in [0.2, 0.25) is 0 Å². The molecule has 1 heterocycles. The largest absolute Gasteiger partial charge is 0.493 e. The summed E-state index contributed by atoms with van der Waals surface area (Å²) in [6.07, 6.45) is 0. The molecule has 2 heteroatoms. The van der Waals surface area contributed by atoms with Crippen molar-refractivity contribution < 1.29 is 9.47 Å². The lowest BCUT2D eigenvalue weighted by atomic mass is 9.89. The first-order chi connectivity index (χ1) is 10.7. The van der Waals surface area contributed by atoms with Gasteiger partial charge in [-0.25, -0.2) is 0 Å². The summed E-state index contributed by atoms with van der Waals surface area (Å²) in [6, 6.07) is 16.3. The molecule has 108 valence electrons. The topological polar surface area (TPSA) is 18.5 Å². The molecule has 4 rings (SSSR count). The van der Waals surface area contributed by atoms with Crippen LogP contribution in [0.3, 0.4) is 0 Å². The van der Waals surface area contributed by atoms with Crippen molar-refractivity contribution in [2.75, 3.05) is 7.11 Å². The van der Waals surface area contributed by atoms with Crippen LogP contribution in [-0.4, -0.2) is 7.11 Å². The third-order valence-electron chi connectivity index (χ3n) is 4.25. The van der Waals surface area contributed by atoms with E-state index in [0.29, 0.717) is 0 Å². The molecule has 0 unspecified atom stereocenters. The highest BCUT2D eigenvalue weighted by Crippen LogP contribution is 2.49. The highest BCUT2D eigenvalue weighted by Gasteiger charge is 2.25. The van der Waals surface area contributed by atoms with Crippen LogP contribution in [0.25, 0.3) is 16.3 Å². The second kappa shape index (κ2) is 4.63. The second-order valence-electron chi connectivity index (χ2n) is 5.53. The average Bonchev–Trinajstić information content (AvgIpc) is 2.54. The molecule has 0 aliphatic carbocycles. The average molecular weight is 288 g/mol. The summed E-state index contributed by atoms with van der Waals surface area (Å²) in [4.78, 5) is 0. The Labute approximate surface area is 129 Å². The van der Waals surface area contributed by atoms with E-state index in [1.807, 2.05) is 24.3 Å². The first-order valence-electron chi connectivity index (χ1n) is 7.27. The van der Waals surface area contributed by atoms with Gasteiger partial charge >= 0.3 is 0 Å².